The number of nitrogens with one attached hydrogen (secondary N) is 2. The zero-order valence-corrected chi connectivity index (χ0v) is 23.2. The van der Waals surface area contributed by atoms with Crippen molar-refractivity contribution in [2.75, 3.05) is 13.2 Å². The van der Waals surface area contributed by atoms with E-state index in [1.807, 2.05) is 52.0 Å². The fraction of sp³-hybridized carbons (Fsp3) is 0.630. The Kier molecular flexibility index (Phi) is 11.4. The van der Waals surface area contributed by atoms with Crippen molar-refractivity contribution in [1.82, 2.24) is 15.5 Å². The van der Waals surface area contributed by atoms with E-state index in [2.05, 4.69) is 10.6 Å². The van der Waals surface area contributed by atoms with Gasteiger partial charge in [-0.15, -0.1) is 0 Å². The maximum atomic E-state index is 13.8. The molecule has 0 aliphatic carbocycles. The van der Waals surface area contributed by atoms with Crippen LogP contribution in [0.3, 0.4) is 0 Å². The average molecular weight is 506 g/mol. The van der Waals surface area contributed by atoms with E-state index in [9.17, 15) is 19.2 Å². The molecule has 0 heterocycles. The van der Waals surface area contributed by atoms with Gasteiger partial charge in [0.05, 0.1) is 13.0 Å². The number of aryl methyl sites for hydroxylation is 1. The summed E-state index contributed by atoms with van der Waals surface area (Å²) in [5, 5.41) is 5.38. The number of nitrogens with zero attached hydrogens (tertiary/aromatic N) is 1. The standard InChI is InChI=1S/C27H43N3O6/c1-10-27(8,9)30(24(33)19(4)29-25(34)36-26(5,6)7)22(20-14-12-18(3)13-15-20)23(32)28-17-16-21(31)35-11-2/h12-15,19,22H,10-11,16-17H2,1-9H3,(H,28,32)(H,29,34). The summed E-state index contributed by atoms with van der Waals surface area (Å²) >= 11 is 0. The highest BCUT2D eigenvalue weighted by atomic mass is 16.6. The predicted octanol–water partition coefficient (Wildman–Crippen LogP) is 4.04. The van der Waals surface area contributed by atoms with E-state index in [1.165, 1.54) is 4.90 Å². The molecule has 3 amide bonds. The van der Waals surface area contributed by atoms with Gasteiger partial charge in [-0.05, 0) is 67.4 Å². The molecule has 0 bridgehead atoms. The van der Waals surface area contributed by atoms with Crippen molar-refractivity contribution in [2.24, 2.45) is 0 Å². The number of amides is 3. The molecule has 202 valence electrons. The van der Waals surface area contributed by atoms with Crippen LogP contribution in [0.4, 0.5) is 4.79 Å². The second-order valence-electron chi connectivity index (χ2n) is 10.4. The molecule has 1 rings (SSSR count). The fourth-order valence-electron chi connectivity index (χ4n) is 3.48. The van der Waals surface area contributed by atoms with Crippen LogP contribution in [0.2, 0.25) is 0 Å². The number of hydrogen-bond acceptors (Lipinski definition) is 6. The van der Waals surface area contributed by atoms with Gasteiger partial charge in [0.15, 0.2) is 0 Å². The third-order valence-corrected chi connectivity index (χ3v) is 5.69. The highest BCUT2D eigenvalue weighted by Gasteiger charge is 2.42. The monoisotopic (exact) mass is 505 g/mol. The molecular formula is C27H43N3O6. The van der Waals surface area contributed by atoms with Gasteiger partial charge in [-0.1, -0.05) is 36.8 Å². The Morgan fingerprint density at radius 3 is 2.08 bits per heavy atom. The van der Waals surface area contributed by atoms with Gasteiger partial charge in [-0.3, -0.25) is 14.4 Å². The first-order valence-electron chi connectivity index (χ1n) is 12.5. The van der Waals surface area contributed by atoms with Crippen molar-refractivity contribution in [3.63, 3.8) is 0 Å². The lowest BCUT2D eigenvalue weighted by Gasteiger charge is -2.44. The van der Waals surface area contributed by atoms with Gasteiger partial charge in [0, 0.05) is 12.1 Å². The van der Waals surface area contributed by atoms with Crippen LogP contribution in [-0.2, 0) is 23.9 Å². The van der Waals surface area contributed by atoms with Crippen LogP contribution in [0.25, 0.3) is 0 Å². The number of carbonyl (C=O) groups is 4. The third-order valence-electron chi connectivity index (χ3n) is 5.69. The number of esters is 1. The minimum Gasteiger partial charge on any atom is -0.466 e. The lowest BCUT2D eigenvalue weighted by molar-refractivity contribution is -0.149. The Morgan fingerprint density at radius 2 is 1.58 bits per heavy atom. The molecule has 0 aliphatic rings. The topological polar surface area (TPSA) is 114 Å². The summed E-state index contributed by atoms with van der Waals surface area (Å²) in [5.74, 6) is -1.27. The Morgan fingerprint density at radius 1 is 1.00 bits per heavy atom. The summed E-state index contributed by atoms with van der Waals surface area (Å²) < 4.78 is 10.2. The molecule has 0 saturated heterocycles. The smallest absolute Gasteiger partial charge is 0.408 e. The van der Waals surface area contributed by atoms with Crippen LogP contribution in [0.5, 0.6) is 0 Å². The van der Waals surface area contributed by atoms with Gasteiger partial charge in [0.1, 0.15) is 17.7 Å². The zero-order chi connectivity index (χ0) is 27.7. The number of alkyl carbamates (subject to hydrolysis) is 1. The van der Waals surface area contributed by atoms with Crippen LogP contribution in [0.1, 0.15) is 85.4 Å². The zero-order valence-electron chi connectivity index (χ0n) is 23.2. The highest BCUT2D eigenvalue weighted by Crippen LogP contribution is 2.32. The average Bonchev–Trinajstić information content (AvgIpc) is 2.76. The van der Waals surface area contributed by atoms with E-state index in [0.717, 1.165) is 5.56 Å². The van der Waals surface area contributed by atoms with E-state index < -0.39 is 47.1 Å². The van der Waals surface area contributed by atoms with E-state index in [1.54, 1.807) is 34.6 Å². The Balaban J connectivity index is 3.35. The third kappa shape index (κ3) is 9.51. The summed E-state index contributed by atoms with van der Waals surface area (Å²) in [4.78, 5) is 53.0. The lowest BCUT2D eigenvalue weighted by Crippen LogP contribution is -2.58. The molecule has 0 aliphatic heterocycles. The van der Waals surface area contributed by atoms with Crippen molar-refractivity contribution in [2.45, 2.75) is 98.4 Å². The van der Waals surface area contributed by atoms with Gasteiger partial charge in [0.2, 0.25) is 11.8 Å². The van der Waals surface area contributed by atoms with Crippen LogP contribution in [0.15, 0.2) is 24.3 Å². The van der Waals surface area contributed by atoms with Gasteiger partial charge < -0.3 is 25.0 Å². The second-order valence-corrected chi connectivity index (χ2v) is 10.4. The molecule has 0 spiro atoms. The normalized spacial score (nSPS) is 13.2. The van der Waals surface area contributed by atoms with E-state index in [4.69, 9.17) is 9.47 Å². The largest absolute Gasteiger partial charge is 0.466 e. The molecular weight excluding hydrogens is 462 g/mol. The van der Waals surface area contributed by atoms with Crippen molar-refractivity contribution in [1.29, 1.82) is 0 Å². The molecule has 2 unspecified atom stereocenters. The van der Waals surface area contributed by atoms with Crippen molar-refractivity contribution >= 4 is 23.9 Å². The van der Waals surface area contributed by atoms with Crippen LogP contribution in [-0.4, -0.2) is 59.1 Å². The SMILES string of the molecule is CCOC(=O)CCNC(=O)C(c1ccc(C)cc1)N(C(=O)C(C)NC(=O)OC(C)(C)C)C(C)(C)CC. The first kappa shape index (κ1) is 30.9. The number of benzene rings is 1. The first-order valence-corrected chi connectivity index (χ1v) is 12.5. The van der Waals surface area contributed by atoms with Gasteiger partial charge in [-0.2, -0.15) is 0 Å². The summed E-state index contributed by atoms with van der Waals surface area (Å²) in [5.41, 5.74) is 0.161. The van der Waals surface area contributed by atoms with E-state index in [-0.39, 0.29) is 19.6 Å². The van der Waals surface area contributed by atoms with Gasteiger partial charge in [-0.25, -0.2) is 4.79 Å². The first-order chi connectivity index (χ1) is 16.6. The Bertz CT molecular complexity index is 905. The molecule has 0 radical (unpaired) electrons. The summed E-state index contributed by atoms with van der Waals surface area (Å²) in [6.07, 6.45) is -0.151. The van der Waals surface area contributed by atoms with Crippen molar-refractivity contribution < 1.29 is 28.7 Å². The molecule has 9 nitrogen and oxygen atoms in total. The van der Waals surface area contributed by atoms with Crippen LogP contribution >= 0.6 is 0 Å². The molecule has 36 heavy (non-hydrogen) atoms. The van der Waals surface area contributed by atoms with E-state index in [0.29, 0.717) is 12.0 Å². The Labute approximate surface area is 215 Å². The molecule has 2 atom stereocenters. The molecule has 0 aromatic heterocycles. The van der Waals surface area contributed by atoms with Crippen molar-refractivity contribution in [3.05, 3.63) is 35.4 Å². The van der Waals surface area contributed by atoms with Crippen molar-refractivity contribution in [3.8, 4) is 0 Å². The molecule has 2 N–H and O–H groups in total. The number of carbonyl (C=O) groups excluding carboxylic acids is 4. The minimum atomic E-state index is -0.988. The molecule has 0 saturated carbocycles. The number of rotatable bonds is 11. The van der Waals surface area contributed by atoms with E-state index >= 15 is 0 Å². The molecule has 9 heteroatoms. The Hall–Kier alpha value is -3.10. The van der Waals surface area contributed by atoms with Gasteiger partial charge in [0.25, 0.3) is 0 Å². The summed E-state index contributed by atoms with van der Waals surface area (Å²) in [6, 6.07) is 5.42. The fourth-order valence-corrected chi connectivity index (χ4v) is 3.48. The quantitative estimate of drug-likeness (QED) is 0.439. The predicted molar refractivity (Wildman–Crippen MR) is 138 cm³/mol. The number of hydrogen-bond donors (Lipinski definition) is 2. The number of ether oxygens (including phenoxy) is 2. The minimum absolute atomic E-state index is 0.0158. The highest BCUT2D eigenvalue weighted by molar-refractivity contribution is 5.92. The lowest BCUT2D eigenvalue weighted by atomic mass is 9.92. The van der Waals surface area contributed by atoms with Crippen LogP contribution in [0, 0.1) is 6.92 Å². The second kappa shape index (κ2) is 13.3. The molecule has 1 aromatic carbocycles. The maximum Gasteiger partial charge on any atom is 0.408 e. The molecule has 1 aromatic rings. The maximum absolute atomic E-state index is 13.8. The van der Waals surface area contributed by atoms with Gasteiger partial charge >= 0.3 is 12.1 Å². The van der Waals surface area contributed by atoms with Crippen LogP contribution < -0.4 is 10.6 Å². The molecule has 0 fully saturated rings. The summed E-state index contributed by atoms with van der Waals surface area (Å²) in [6.45, 7) is 16.4. The summed E-state index contributed by atoms with van der Waals surface area (Å²) in [7, 11) is 0.